The van der Waals surface area contributed by atoms with Crippen molar-refractivity contribution in [2.45, 2.75) is 6.92 Å². The summed E-state index contributed by atoms with van der Waals surface area (Å²) in [4.78, 5) is 19.4. The second-order valence-electron chi connectivity index (χ2n) is 2.96. The molecule has 70 valence electrons. The highest BCUT2D eigenvalue weighted by atomic mass is 35.5. The monoisotopic (exact) mass is 206 g/mol. The number of aryl methyl sites for hydroxylation is 1. The van der Waals surface area contributed by atoms with E-state index in [4.69, 9.17) is 11.6 Å². The molecule has 0 N–H and O–H groups in total. The van der Waals surface area contributed by atoms with E-state index in [-0.39, 0.29) is 0 Å². The molecule has 0 fully saturated rings. The van der Waals surface area contributed by atoms with E-state index in [0.29, 0.717) is 16.6 Å². The van der Waals surface area contributed by atoms with Crippen LogP contribution in [0.1, 0.15) is 16.1 Å². The van der Waals surface area contributed by atoms with Gasteiger partial charge in [0.05, 0.1) is 11.1 Å². The quantitative estimate of drug-likeness (QED) is 0.673. The Balaban J connectivity index is 2.87. The molecular weight excluding hydrogens is 200 g/mol. The van der Waals surface area contributed by atoms with Crippen LogP contribution < -0.4 is 0 Å². The third kappa shape index (κ3) is 1.46. The number of carbonyl (C=O) groups is 1. The zero-order chi connectivity index (χ0) is 10.1. The van der Waals surface area contributed by atoms with Crippen LogP contribution >= 0.6 is 11.6 Å². The lowest BCUT2D eigenvalue weighted by Gasteiger charge is -2.01. The van der Waals surface area contributed by atoms with E-state index in [9.17, 15) is 4.79 Å². The third-order valence-electron chi connectivity index (χ3n) is 1.90. The van der Waals surface area contributed by atoms with Crippen molar-refractivity contribution in [2.24, 2.45) is 0 Å². The number of aromatic nitrogens is 2. The van der Waals surface area contributed by atoms with Gasteiger partial charge in [0.2, 0.25) is 0 Å². The number of hydrogen-bond acceptors (Lipinski definition) is 3. The minimum atomic E-state index is -0.501. The van der Waals surface area contributed by atoms with Crippen molar-refractivity contribution < 1.29 is 4.79 Å². The van der Waals surface area contributed by atoms with Gasteiger partial charge >= 0.3 is 0 Å². The van der Waals surface area contributed by atoms with Gasteiger partial charge in [-0.15, -0.1) is 0 Å². The highest BCUT2D eigenvalue weighted by Gasteiger charge is 2.09. The number of carbonyl (C=O) groups excluding carboxylic acids is 1. The normalized spacial score (nSPS) is 10.4. The SMILES string of the molecule is Cc1cc(C(=O)Cl)c2ncccc2n1. The molecule has 0 bridgehead atoms. The molecule has 2 heterocycles. The summed E-state index contributed by atoms with van der Waals surface area (Å²) >= 11 is 5.45. The zero-order valence-electron chi connectivity index (χ0n) is 7.49. The lowest BCUT2D eigenvalue weighted by Crippen LogP contribution is -1.96. The largest absolute Gasteiger partial charge is 0.276 e. The molecule has 3 nitrogen and oxygen atoms in total. The molecule has 2 aromatic rings. The molecule has 0 aliphatic rings. The van der Waals surface area contributed by atoms with Crippen molar-refractivity contribution in [3.63, 3.8) is 0 Å². The Morgan fingerprint density at radius 1 is 1.50 bits per heavy atom. The second-order valence-corrected chi connectivity index (χ2v) is 3.30. The van der Waals surface area contributed by atoms with E-state index >= 15 is 0 Å². The molecule has 0 aromatic carbocycles. The Hall–Kier alpha value is -1.48. The Morgan fingerprint density at radius 2 is 2.29 bits per heavy atom. The molecule has 0 saturated carbocycles. The first kappa shape index (κ1) is 9.09. The Labute approximate surface area is 85.7 Å². The smallest absolute Gasteiger partial charge is 0.254 e. The molecular formula is C10H7ClN2O. The van der Waals surface area contributed by atoms with Gasteiger partial charge in [-0.25, -0.2) is 0 Å². The van der Waals surface area contributed by atoms with Crippen molar-refractivity contribution in [1.82, 2.24) is 9.97 Å². The van der Waals surface area contributed by atoms with Crippen molar-refractivity contribution >= 4 is 27.9 Å². The van der Waals surface area contributed by atoms with Crippen molar-refractivity contribution in [3.05, 3.63) is 35.7 Å². The molecule has 0 aliphatic heterocycles. The predicted molar refractivity (Wildman–Crippen MR) is 54.5 cm³/mol. The van der Waals surface area contributed by atoms with Gasteiger partial charge in [-0.1, -0.05) is 0 Å². The fourth-order valence-electron chi connectivity index (χ4n) is 1.34. The lowest BCUT2D eigenvalue weighted by molar-refractivity contribution is 0.108. The molecule has 0 unspecified atom stereocenters. The van der Waals surface area contributed by atoms with Crippen LogP contribution in [0.15, 0.2) is 24.4 Å². The maximum atomic E-state index is 11.1. The van der Waals surface area contributed by atoms with Gasteiger partial charge in [0.25, 0.3) is 5.24 Å². The number of hydrogen-bond donors (Lipinski definition) is 0. The van der Waals surface area contributed by atoms with Crippen LogP contribution in [0.3, 0.4) is 0 Å². The van der Waals surface area contributed by atoms with E-state index in [2.05, 4.69) is 9.97 Å². The van der Waals surface area contributed by atoms with Crippen molar-refractivity contribution in [2.75, 3.05) is 0 Å². The van der Waals surface area contributed by atoms with Crippen LogP contribution in [0.4, 0.5) is 0 Å². The van der Waals surface area contributed by atoms with Crippen LogP contribution in [0.25, 0.3) is 11.0 Å². The third-order valence-corrected chi connectivity index (χ3v) is 2.11. The van der Waals surface area contributed by atoms with E-state index in [1.54, 1.807) is 24.4 Å². The van der Waals surface area contributed by atoms with Gasteiger partial charge in [0, 0.05) is 11.9 Å². The van der Waals surface area contributed by atoms with E-state index in [1.807, 2.05) is 6.92 Å². The van der Waals surface area contributed by atoms with Gasteiger partial charge in [0.1, 0.15) is 5.52 Å². The number of rotatable bonds is 1. The summed E-state index contributed by atoms with van der Waals surface area (Å²) in [5.74, 6) is 0. The average Bonchev–Trinajstić information content (AvgIpc) is 2.16. The molecule has 2 aromatic heterocycles. The van der Waals surface area contributed by atoms with Crippen LogP contribution in [-0.2, 0) is 0 Å². The molecule has 4 heteroatoms. The number of nitrogens with zero attached hydrogens (tertiary/aromatic N) is 2. The standard InChI is InChI=1S/C10H7ClN2O/c1-6-5-7(10(11)14)9-8(13-6)3-2-4-12-9/h2-5H,1H3. The van der Waals surface area contributed by atoms with Gasteiger partial charge in [-0.05, 0) is 36.7 Å². The molecule has 0 atom stereocenters. The summed E-state index contributed by atoms with van der Waals surface area (Å²) in [6.07, 6.45) is 1.61. The second kappa shape index (κ2) is 3.35. The molecule has 0 saturated heterocycles. The molecule has 2 rings (SSSR count). The van der Waals surface area contributed by atoms with Crippen LogP contribution in [0.2, 0.25) is 0 Å². The summed E-state index contributed by atoms with van der Waals surface area (Å²) in [6.45, 7) is 1.82. The van der Waals surface area contributed by atoms with E-state index in [1.165, 1.54) is 0 Å². The summed E-state index contributed by atoms with van der Waals surface area (Å²) < 4.78 is 0. The Kier molecular flexibility index (Phi) is 2.17. The molecule has 0 radical (unpaired) electrons. The number of fused-ring (bicyclic) bond motifs is 1. The first-order valence-corrected chi connectivity index (χ1v) is 4.48. The minimum Gasteiger partial charge on any atom is -0.276 e. The van der Waals surface area contributed by atoms with Crippen LogP contribution in [0.5, 0.6) is 0 Å². The highest BCUT2D eigenvalue weighted by molar-refractivity contribution is 6.68. The van der Waals surface area contributed by atoms with Gasteiger partial charge < -0.3 is 0 Å². The zero-order valence-corrected chi connectivity index (χ0v) is 8.25. The molecule has 14 heavy (non-hydrogen) atoms. The van der Waals surface area contributed by atoms with Gasteiger partial charge in [-0.2, -0.15) is 0 Å². The number of halogens is 1. The summed E-state index contributed by atoms with van der Waals surface area (Å²) in [5, 5.41) is -0.501. The van der Waals surface area contributed by atoms with E-state index < -0.39 is 5.24 Å². The maximum absolute atomic E-state index is 11.1. The topological polar surface area (TPSA) is 42.9 Å². The molecule has 0 amide bonds. The first-order chi connectivity index (χ1) is 6.68. The Morgan fingerprint density at radius 3 is 3.00 bits per heavy atom. The first-order valence-electron chi connectivity index (χ1n) is 4.10. The predicted octanol–water partition coefficient (Wildman–Crippen LogP) is 2.32. The van der Waals surface area contributed by atoms with E-state index in [0.717, 1.165) is 5.69 Å². The minimum absolute atomic E-state index is 0.412. The molecule has 0 spiro atoms. The Bertz CT molecular complexity index is 510. The maximum Gasteiger partial charge on any atom is 0.254 e. The number of pyridine rings is 2. The lowest BCUT2D eigenvalue weighted by atomic mass is 10.2. The van der Waals surface area contributed by atoms with Crippen LogP contribution in [0, 0.1) is 6.92 Å². The van der Waals surface area contributed by atoms with Crippen molar-refractivity contribution in [1.29, 1.82) is 0 Å². The van der Waals surface area contributed by atoms with Crippen molar-refractivity contribution in [3.8, 4) is 0 Å². The summed E-state index contributed by atoms with van der Waals surface area (Å²) in [5.41, 5.74) is 2.42. The fraction of sp³-hybridized carbons (Fsp3) is 0.100. The fourth-order valence-corrected chi connectivity index (χ4v) is 1.49. The van der Waals surface area contributed by atoms with Crippen LogP contribution in [-0.4, -0.2) is 15.2 Å². The van der Waals surface area contributed by atoms with Gasteiger partial charge in [0.15, 0.2) is 0 Å². The average molecular weight is 207 g/mol. The summed E-state index contributed by atoms with van der Waals surface area (Å²) in [6, 6.07) is 5.22. The summed E-state index contributed by atoms with van der Waals surface area (Å²) in [7, 11) is 0. The van der Waals surface area contributed by atoms with Gasteiger partial charge in [-0.3, -0.25) is 14.8 Å². The highest BCUT2D eigenvalue weighted by Crippen LogP contribution is 2.17. The molecule has 0 aliphatic carbocycles.